The summed E-state index contributed by atoms with van der Waals surface area (Å²) in [5, 5.41) is 29.6. The molecular weight excluding hydrogens is 338 g/mol. The van der Waals surface area contributed by atoms with Crippen molar-refractivity contribution in [1.29, 1.82) is 0 Å². The number of hydroxylamine groups is 2. The zero-order valence-corrected chi connectivity index (χ0v) is 14.0. The molecule has 0 radical (unpaired) electrons. The first-order valence-corrected chi connectivity index (χ1v) is 7.43. The summed E-state index contributed by atoms with van der Waals surface area (Å²) in [6.45, 7) is 0.636. The van der Waals surface area contributed by atoms with Crippen molar-refractivity contribution in [2.75, 3.05) is 26.0 Å². The Labute approximate surface area is 143 Å². The Kier molecular flexibility index (Phi) is 6.10. The first-order chi connectivity index (χ1) is 11.4. The molecule has 0 amide bonds. The van der Waals surface area contributed by atoms with Crippen LogP contribution in [0.4, 0.5) is 17.1 Å². The number of nitrogens with zero attached hydrogens (tertiary/aromatic N) is 4. The van der Waals surface area contributed by atoms with Crippen LogP contribution in [0.2, 0.25) is 5.02 Å². The third kappa shape index (κ3) is 4.90. The first-order valence-electron chi connectivity index (χ1n) is 7.05. The van der Waals surface area contributed by atoms with Crippen LogP contribution in [0, 0.1) is 10.1 Å². The van der Waals surface area contributed by atoms with Crippen molar-refractivity contribution in [3.8, 4) is 0 Å². The van der Waals surface area contributed by atoms with Crippen molar-refractivity contribution in [1.82, 2.24) is 14.8 Å². The van der Waals surface area contributed by atoms with Gasteiger partial charge in [0.25, 0.3) is 5.69 Å². The third-order valence-electron chi connectivity index (χ3n) is 3.25. The molecule has 0 aliphatic rings. The number of nitrogens with one attached hydrogen (secondary N) is 1. The number of aromatic nitrogens is 2. The van der Waals surface area contributed by atoms with Gasteiger partial charge in [-0.1, -0.05) is 11.6 Å². The second kappa shape index (κ2) is 8.06. The Hall–Kier alpha value is -2.20. The molecule has 10 heteroatoms. The normalized spacial score (nSPS) is 12.4. The van der Waals surface area contributed by atoms with E-state index in [0.29, 0.717) is 24.5 Å². The molecule has 0 fully saturated rings. The molecule has 2 aromatic rings. The summed E-state index contributed by atoms with van der Waals surface area (Å²) >= 11 is 6.03. The van der Waals surface area contributed by atoms with Crippen molar-refractivity contribution < 1.29 is 14.9 Å². The lowest BCUT2D eigenvalue weighted by Gasteiger charge is -2.17. The minimum Gasteiger partial charge on any atom is -0.390 e. The lowest BCUT2D eigenvalue weighted by molar-refractivity contribution is -0.384. The Bertz CT molecular complexity index is 708. The molecule has 130 valence electrons. The number of benzene rings is 1. The molecule has 0 spiro atoms. The fourth-order valence-corrected chi connectivity index (χ4v) is 2.27. The van der Waals surface area contributed by atoms with E-state index in [9.17, 15) is 15.2 Å². The molecule has 0 aliphatic carbocycles. The number of aliphatic hydroxyl groups is 1. The van der Waals surface area contributed by atoms with Gasteiger partial charge in [0.15, 0.2) is 0 Å². The van der Waals surface area contributed by atoms with Crippen molar-refractivity contribution in [3.05, 3.63) is 45.7 Å². The number of anilines is 2. The molecule has 0 aliphatic heterocycles. The zero-order valence-electron chi connectivity index (χ0n) is 13.2. The van der Waals surface area contributed by atoms with Gasteiger partial charge in [-0.25, -0.2) is 0 Å². The Morgan fingerprint density at radius 2 is 2.33 bits per heavy atom. The van der Waals surface area contributed by atoms with Crippen molar-refractivity contribution in [2.24, 2.45) is 0 Å². The molecule has 24 heavy (non-hydrogen) atoms. The number of non-ortho nitro benzene ring substituents is 1. The second-order valence-corrected chi connectivity index (χ2v) is 5.55. The summed E-state index contributed by atoms with van der Waals surface area (Å²) in [6.07, 6.45) is 2.63. The summed E-state index contributed by atoms with van der Waals surface area (Å²) in [5.41, 5.74) is 1.10. The largest absolute Gasteiger partial charge is 0.390 e. The lowest BCUT2D eigenvalue weighted by atomic mass is 10.3. The number of nitro benzene ring substituents is 1. The molecule has 1 atom stereocenters. The molecule has 1 heterocycles. The summed E-state index contributed by atoms with van der Waals surface area (Å²) in [4.78, 5) is 15.1. The van der Waals surface area contributed by atoms with Gasteiger partial charge in [-0.2, -0.15) is 10.2 Å². The molecule has 2 N–H and O–H groups in total. The molecular formula is C14H18ClN5O4. The molecule has 0 bridgehead atoms. The van der Waals surface area contributed by atoms with Gasteiger partial charge in [-0.15, -0.1) is 0 Å². The minimum absolute atomic E-state index is 0.0772. The van der Waals surface area contributed by atoms with Gasteiger partial charge in [-0.3, -0.25) is 14.8 Å². The predicted octanol–water partition coefficient (Wildman–Crippen LogP) is 2.04. The van der Waals surface area contributed by atoms with Gasteiger partial charge in [-0.05, 0) is 6.07 Å². The van der Waals surface area contributed by atoms with E-state index in [1.807, 2.05) is 0 Å². The van der Waals surface area contributed by atoms with Crippen LogP contribution in [0.15, 0.2) is 30.6 Å². The van der Waals surface area contributed by atoms with E-state index in [2.05, 4.69) is 10.4 Å². The predicted molar refractivity (Wildman–Crippen MR) is 89.3 cm³/mol. The molecule has 2 rings (SSSR count). The second-order valence-electron chi connectivity index (χ2n) is 5.14. The van der Waals surface area contributed by atoms with Crippen LogP contribution in [0.3, 0.4) is 0 Å². The Morgan fingerprint density at radius 1 is 1.58 bits per heavy atom. The lowest BCUT2D eigenvalue weighted by Crippen LogP contribution is -2.31. The number of aliphatic hydroxyl groups excluding tert-OH is 1. The standard InChI is InChI=1S/C14H18ClN5O4/c1-18(24-2)8-12(21)9-19-7-10(6-16-19)17-14-4-3-11(20(22)23)5-13(14)15/h3-7,12,17,21H,8-9H2,1-2H3. The monoisotopic (exact) mass is 355 g/mol. The Morgan fingerprint density at radius 3 is 2.96 bits per heavy atom. The van der Waals surface area contributed by atoms with Gasteiger partial charge in [0.05, 0.1) is 53.8 Å². The van der Waals surface area contributed by atoms with Crippen LogP contribution >= 0.6 is 11.6 Å². The summed E-state index contributed by atoms with van der Waals surface area (Å²) in [5.74, 6) is 0. The van der Waals surface area contributed by atoms with Gasteiger partial charge in [0.1, 0.15) is 0 Å². The Balaban J connectivity index is 2.00. The maximum atomic E-state index is 10.7. The van der Waals surface area contributed by atoms with Gasteiger partial charge >= 0.3 is 0 Å². The van der Waals surface area contributed by atoms with Gasteiger partial charge in [0.2, 0.25) is 0 Å². The van der Waals surface area contributed by atoms with Crippen molar-refractivity contribution in [2.45, 2.75) is 12.6 Å². The number of likely N-dealkylation sites (N-methyl/N-ethyl adjacent to an activating group) is 1. The van der Waals surface area contributed by atoms with E-state index in [-0.39, 0.29) is 10.7 Å². The summed E-state index contributed by atoms with van der Waals surface area (Å²) in [6, 6.07) is 4.17. The molecule has 0 saturated heterocycles. The fraction of sp³-hybridized carbons (Fsp3) is 0.357. The smallest absolute Gasteiger partial charge is 0.271 e. The maximum Gasteiger partial charge on any atom is 0.271 e. The SMILES string of the molecule is CON(C)CC(O)Cn1cc(Nc2ccc([N+](=O)[O-])cc2Cl)cn1. The molecule has 1 aromatic heterocycles. The van der Waals surface area contributed by atoms with E-state index in [4.69, 9.17) is 16.4 Å². The first kappa shape index (κ1) is 18.1. The van der Waals surface area contributed by atoms with E-state index < -0.39 is 11.0 Å². The third-order valence-corrected chi connectivity index (χ3v) is 3.57. The van der Waals surface area contributed by atoms with Crippen LogP contribution < -0.4 is 5.32 Å². The summed E-state index contributed by atoms with van der Waals surface area (Å²) in [7, 11) is 3.24. The number of hydrogen-bond acceptors (Lipinski definition) is 7. The highest BCUT2D eigenvalue weighted by molar-refractivity contribution is 6.33. The van der Waals surface area contributed by atoms with Crippen molar-refractivity contribution in [3.63, 3.8) is 0 Å². The number of halogens is 1. The van der Waals surface area contributed by atoms with E-state index in [1.54, 1.807) is 24.1 Å². The highest BCUT2D eigenvalue weighted by Gasteiger charge is 2.12. The maximum absolute atomic E-state index is 10.7. The molecule has 9 nitrogen and oxygen atoms in total. The van der Waals surface area contributed by atoms with E-state index in [0.717, 1.165) is 0 Å². The topological polar surface area (TPSA) is 106 Å². The van der Waals surface area contributed by atoms with Crippen LogP contribution in [0.5, 0.6) is 0 Å². The van der Waals surface area contributed by atoms with Gasteiger partial charge in [0, 0.05) is 25.4 Å². The number of rotatable bonds is 8. The zero-order chi connectivity index (χ0) is 17.7. The average molecular weight is 356 g/mol. The van der Waals surface area contributed by atoms with Crippen LogP contribution in [0.25, 0.3) is 0 Å². The molecule has 1 unspecified atom stereocenters. The molecule has 0 saturated carbocycles. The number of hydrogen-bond donors (Lipinski definition) is 2. The van der Waals surface area contributed by atoms with E-state index in [1.165, 1.54) is 30.4 Å². The van der Waals surface area contributed by atoms with Crippen LogP contribution in [0.1, 0.15) is 0 Å². The fourth-order valence-electron chi connectivity index (χ4n) is 2.05. The average Bonchev–Trinajstić information content (AvgIpc) is 2.95. The molecule has 1 aromatic carbocycles. The highest BCUT2D eigenvalue weighted by atomic mass is 35.5. The minimum atomic E-state index is -0.648. The van der Waals surface area contributed by atoms with Crippen molar-refractivity contribution >= 4 is 28.7 Å². The van der Waals surface area contributed by atoms with Gasteiger partial charge < -0.3 is 15.3 Å². The van der Waals surface area contributed by atoms with E-state index >= 15 is 0 Å². The summed E-state index contributed by atoms with van der Waals surface area (Å²) < 4.78 is 1.58. The van der Waals surface area contributed by atoms with Crippen LogP contribution in [-0.4, -0.2) is 51.7 Å². The quantitative estimate of drug-likeness (QED) is 0.551. The van der Waals surface area contributed by atoms with Crippen LogP contribution in [-0.2, 0) is 11.4 Å². The highest BCUT2D eigenvalue weighted by Crippen LogP contribution is 2.29. The number of nitro groups is 1.